The molecular formula is C63H42N10. The van der Waals surface area contributed by atoms with Gasteiger partial charge in [0, 0.05) is 61.3 Å². The summed E-state index contributed by atoms with van der Waals surface area (Å²) in [5, 5.41) is 3.18. The van der Waals surface area contributed by atoms with E-state index in [0.717, 1.165) is 101 Å². The van der Waals surface area contributed by atoms with E-state index in [2.05, 4.69) is 165 Å². The summed E-state index contributed by atoms with van der Waals surface area (Å²) in [5.74, 6) is 4.50. The molecule has 5 heterocycles. The van der Waals surface area contributed by atoms with Gasteiger partial charge in [-0.3, -0.25) is 13.7 Å². The normalized spacial score (nSPS) is 13.5. The predicted octanol–water partition coefficient (Wildman–Crippen LogP) is 14.4. The molecule has 13 aromatic rings. The third-order valence-electron chi connectivity index (χ3n) is 13.7. The number of hydrogen-bond acceptors (Lipinski definition) is 7. The Labute approximate surface area is 419 Å². The molecule has 1 unspecified atom stereocenters. The Morgan fingerprint density at radius 1 is 0.356 bits per heavy atom. The lowest BCUT2D eigenvalue weighted by Gasteiger charge is -2.15. The van der Waals surface area contributed by atoms with Crippen molar-refractivity contribution in [2.45, 2.75) is 12.3 Å². The van der Waals surface area contributed by atoms with E-state index in [4.69, 9.17) is 34.9 Å². The lowest BCUT2D eigenvalue weighted by molar-refractivity contribution is 0.750. The Bertz CT molecular complexity index is 4220. The van der Waals surface area contributed by atoms with Gasteiger partial charge in [0.15, 0.2) is 28.9 Å². The molecule has 0 aliphatic heterocycles. The fourth-order valence-corrected chi connectivity index (χ4v) is 10.2. The number of fused-ring (bicyclic) bond motifs is 6. The minimum Gasteiger partial charge on any atom is -0.292 e. The van der Waals surface area contributed by atoms with Crippen molar-refractivity contribution in [1.29, 1.82) is 0 Å². The van der Waals surface area contributed by atoms with Crippen molar-refractivity contribution in [1.82, 2.24) is 48.6 Å². The van der Waals surface area contributed by atoms with Gasteiger partial charge in [-0.25, -0.2) is 24.9 Å². The Morgan fingerprint density at radius 2 is 0.904 bits per heavy atom. The number of allylic oxidation sites excluding steroid dienone is 4. The minimum atomic E-state index is -0.000876. The summed E-state index contributed by atoms with van der Waals surface area (Å²) in [5.41, 5.74) is 11.2. The molecule has 10 nitrogen and oxygen atoms in total. The zero-order valence-corrected chi connectivity index (χ0v) is 39.3. The molecular weight excluding hydrogens is 897 g/mol. The van der Waals surface area contributed by atoms with Crippen LogP contribution >= 0.6 is 0 Å². The highest BCUT2D eigenvalue weighted by Gasteiger charge is 2.27. The smallest absolute Gasteiger partial charge is 0.238 e. The lowest BCUT2D eigenvalue weighted by atomic mass is 10.00. The summed E-state index contributed by atoms with van der Waals surface area (Å²) >= 11 is 0. The molecule has 14 rings (SSSR count). The van der Waals surface area contributed by atoms with E-state index in [1.807, 2.05) is 84.9 Å². The summed E-state index contributed by atoms with van der Waals surface area (Å²) < 4.78 is 6.79. The van der Waals surface area contributed by atoms with Gasteiger partial charge in [0.05, 0.1) is 16.6 Å². The first-order valence-electron chi connectivity index (χ1n) is 24.4. The van der Waals surface area contributed by atoms with Gasteiger partial charge in [-0.1, -0.05) is 194 Å². The Morgan fingerprint density at radius 3 is 1.55 bits per heavy atom. The van der Waals surface area contributed by atoms with E-state index in [9.17, 15) is 0 Å². The van der Waals surface area contributed by atoms with Crippen molar-refractivity contribution < 1.29 is 0 Å². The highest BCUT2D eigenvalue weighted by Crippen LogP contribution is 2.42. The zero-order chi connectivity index (χ0) is 48.2. The fourth-order valence-electron chi connectivity index (χ4n) is 10.2. The number of aromatic nitrogens is 10. The minimum absolute atomic E-state index is 0.000876. The third-order valence-corrected chi connectivity index (χ3v) is 13.7. The van der Waals surface area contributed by atoms with Crippen LogP contribution in [0.25, 0.3) is 118 Å². The number of para-hydroxylation sites is 2. The maximum Gasteiger partial charge on any atom is 0.238 e. The highest BCUT2D eigenvalue weighted by molar-refractivity contribution is 6.18. The van der Waals surface area contributed by atoms with Crippen molar-refractivity contribution in [3.05, 3.63) is 242 Å². The first-order valence-corrected chi connectivity index (χ1v) is 24.4. The van der Waals surface area contributed by atoms with Gasteiger partial charge in [0.2, 0.25) is 5.95 Å². The Hall–Kier alpha value is -9.93. The Balaban J connectivity index is 1.07. The van der Waals surface area contributed by atoms with Gasteiger partial charge in [-0.15, -0.1) is 0 Å². The first-order chi connectivity index (χ1) is 36.2. The van der Waals surface area contributed by atoms with Crippen LogP contribution in [0.4, 0.5) is 0 Å². The number of rotatable bonds is 9. The molecule has 0 fully saturated rings. The van der Waals surface area contributed by atoms with Crippen molar-refractivity contribution in [3.63, 3.8) is 0 Å². The van der Waals surface area contributed by atoms with Gasteiger partial charge in [0.25, 0.3) is 0 Å². The number of nitrogens with zero attached hydrogens (tertiary/aromatic N) is 10. The van der Waals surface area contributed by atoms with E-state index in [0.29, 0.717) is 29.2 Å². The second-order valence-corrected chi connectivity index (χ2v) is 18.1. The van der Waals surface area contributed by atoms with Crippen LogP contribution in [-0.2, 0) is 0 Å². The molecule has 0 saturated heterocycles. The van der Waals surface area contributed by atoms with Crippen LogP contribution in [0, 0.1) is 0 Å². The van der Waals surface area contributed by atoms with E-state index >= 15 is 0 Å². The molecule has 8 aromatic carbocycles. The number of hydrogen-bond donors (Lipinski definition) is 0. The van der Waals surface area contributed by atoms with Crippen LogP contribution in [0.2, 0.25) is 0 Å². The van der Waals surface area contributed by atoms with Crippen LogP contribution in [0.5, 0.6) is 0 Å². The van der Waals surface area contributed by atoms with Gasteiger partial charge < -0.3 is 0 Å². The van der Waals surface area contributed by atoms with Crippen LogP contribution < -0.4 is 0 Å². The summed E-state index contributed by atoms with van der Waals surface area (Å²) in [4.78, 5) is 36.7. The molecule has 5 aromatic heterocycles. The van der Waals surface area contributed by atoms with E-state index in [1.165, 1.54) is 0 Å². The molecule has 344 valence electrons. The third kappa shape index (κ3) is 7.31. The predicted molar refractivity (Wildman–Crippen MR) is 292 cm³/mol. The summed E-state index contributed by atoms with van der Waals surface area (Å²) in [6.07, 6.45) is 9.31. The van der Waals surface area contributed by atoms with Crippen molar-refractivity contribution in [2.75, 3.05) is 0 Å². The molecule has 73 heavy (non-hydrogen) atoms. The standard InChI is InChI=1S/C63H42N10/c1-7-22-41(23-8-1)56-64-57(42-24-9-2-10-25-42)66-60(65-56)46-32-21-35-48(38-46)71-54-40-53-50(39-51(54)55-62(71)70-61(45-30-15-5-16-31-45)72(55)47-33-17-6-18-34-47)49-36-19-20-37-52(49)73(53)63-68-58(43-26-11-3-12-27-43)67-59(69-63)44-28-13-4-14-29-44/h1-28,30-40,44H,29H2. The van der Waals surface area contributed by atoms with E-state index in [-0.39, 0.29) is 5.92 Å². The van der Waals surface area contributed by atoms with Crippen molar-refractivity contribution >= 4 is 43.9 Å². The number of benzene rings is 8. The molecule has 1 aliphatic carbocycles. The molecule has 0 radical (unpaired) electrons. The van der Waals surface area contributed by atoms with Gasteiger partial charge in [-0.2, -0.15) is 9.97 Å². The topological polar surface area (TPSA) is 105 Å². The van der Waals surface area contributed by atoms with Crippen LogP contribution in [-0.4, -0.2) is 48.6 Å². The second kappa shape index (κ2) is 17.5. The highest BCUT2D eigenvalue weighted by atomic mass is 15.2. The average molecular weight is 939 g/mol. The van der Waals surface area contributed by atoms with Crippen molar-refractivity contribution in [2.24, 2.45) is 0 Å². The van der Waals surface area contributed by atoms with Crippen molar-refractivity contribution in [3.8, 4) is 74.3 Å². The van der Waals surface area contributed by atoms with E-state index < -0.39 is 0 Å². The molecule has 1 aliphatic rings. The maximum absolute atomic E-state index is 5.64. The maximum atomic E-state index is 5.64. The molecule has 0 N–H and O–H groups in total. The van der Waals surface area contributed by atoms with Crippen LogP contribution in [0.3, 0.4) is 0 Å². The quantitative estimate of drug-likeness (QED) is 0.142. The Kier molecular flexibility index (Phi) is 10.1. The zero-order valence-electron chi connectivity index (χ0n) is 39.3. The van der Waals surface area contributed by atoms with Crippen LogP contribution in [0.1, 0.15) is 18.2 Å². The SMILES string of the molecule is C1=CCC(c2nc(-c3ccccc3)nc(-n3c4ccccc4c4cc5c6c(nc(-c7ccccc7)n6-c6ccccc6)n(-c6cccc(-c7nc(-c8ccccc8)nc(-c8ccccc8)n7)c6)c5cc43)n2)C=C1. The van der Waals surface area contributed by atoms with Gasteiger partial charge in [-0.05, 0) is 48.9 Å². The average Bonchev–Trinajstić information content (AvgIpc) is 4.14. The number of imidazole rings is 1. The first kappa shape index (κ1) is 42.0. The summed E-state index contributed by atoms with van der Waals surface area (Å²) in [6.45, 7) is 0. The van der Waals surface area contributed by atoms with Crippen LogP contribution in [0.15, 0.2) is 237 Å². The molecule has 10 heteroatoms. The second-order valence-electron chi connectivity index (χ2n) is 18.1. The fraction of sp³-hybridized carbons (Fsp3) is 0.0317. The molecule has 0 saturated carbocycles. The summed E-state index contributed by atoms with van der Waals surface area (Å²) in [6, 6.07) is 72.9. The van der Waals surface area contributed by atoms with E-state index in [1.54, 1.807) is 0 Å². The molecule has 1 atom stereocenters. The molecule has 0 bridgehead atoms. The largest absolute Gasteiger partial charge is 0.292 e. The van der Waals surface area contributed by atoms with Gasteiger partial charge in [0.1, 0.15) is 17.2 Å². The van der Waals surface area contributed by atoms with Gasteiger partial charge >= 0.3 is 0 Å². The monoisotopic (exact) mass is 938 g/mol. The molecule has 0 spiro atoms. The lowest BCUT2D eigenvalue weighted by Crippen LogP contribution is -2.11. The molecule has 0 amide bonds. The summed E-state index contributed by atoms with van der Waals surface area (Å²) in [7, 11) is 0.